The van der Waals surface area contributed by atoms with Crippen molar-refractivity contribution in [2.24, 2.45) is 0 Å². The first-order valence-corrected chi connectivity index (χ1v) is 8.15. The summed E-state index contributed by atoms with van der Waals surface area (Å²) in [5, 5.41) is 7.05. The van der Waals surface area contributed by atoms with Crippen LogP contribution in [0.15, 0.2) is 28.8 Å². The topological polar surface area (TPSA) is 80.5 Å². The van der Waals surface area contributed by atoms with Crippen LogP contribution in [0.4, 0.5) is 0 Å². The fourth-order valence-corrected chi connectivity index (χ4v) is 2.88. The zero-order valence-corrected chi connectivity index (χ0v) is 14.0. The molecule has 1 aromatic heterocycles. The second kappa shape index (κ2) is 7.44. The third kappa shape index (κ3) is 3.73. The number of hydrogen-bond acceptors (Lipinski definition) is 6. The van der Waals surface area contributed by atoms with Crippen LogP contribution in [-0.4, -0.2) is 47.1 Å². The maximum atomic E-state index is 12.9. The number of carbonyl (C=O) groups is 1. The lowest BCUT2D eigenvalue weighted by Crippen LogP contribution is -2.47. The molecule has 7 heteroatoms. The van der Waals surface area contributed by atoms with Gasteiger partial charge in [-0.2, -0.15) is 4.98 Å². The Morgan fingerprint density at radius 1 is 1.46 bits per heavy atom. The fourth-order valence-electron chi connectivity index (χ4n) is 2.88. The van der Waals surface area contributed by atoms with Gasteiger partial charge >= 0.3 is 0 Å². The van der Waals surface area contributed by atoms with Gasteiger partial charge < -0.3 is 19.5 Å². The van der Waals surface area contributed by atoms with Crippen molar-refractivity contribution in [2.75, 3.05) is 20.1 Å². The molecule has 1 amide bonds. The van der Waals surface area contributed by atoms with E-state index in [1.165, 1.54) is 0 Å². The molecule has 0 bridgehead atoms. The molecular formula is C17H22N4O3. The van der Waals surface area contributed by atoms with Crippen molar-refractivity contribution in [3.63, 3.8) is 0 Å². The zero-order chi connectivity index (χ0) is 16.9. The highest BCUT2D eigenvalue weighted by Gasteiger charge is 2.25. The summed E-state index contributed by atoms with van der Waals surface area (Å²) in [5.41, 5.74) is 0.564. The third-order valence-corrected chi connectivity index (χ3v) is 4.16. The van der Waals surface area contributed by atoms with Crippen LogP contribution in [0.1, 0.15) is 34.9 Å². The van der Waals surface area contributed by atoms with Crippen LogP contribution in [-0.2, 0) is 6.61 Å². The normalized spacial score (nSPS) is 17.8. The number of aryl methyl sites for hydroxylation is 1. The predicted octanol–water partition coefficient (Wildman–Crippen LogP) is 1.78. The van der Waals surface area contributed by atoms with Crippen LogP contribution in [0.3, 0.4) is 0 Å². The number of carbonyl (C=O) groups excluding carboxylic acids is 1. The molecule has 1 aromatic carbocycles. The summed E-state index contributed by atoms with van der Waals surface area (Å²) in [4.78, 5) is 18.9. The van der Waals surface area contributed by atoms with Gasteiger partial charge in [-0.15, -0.1) is 0 Å². The highest BCUT2D eigenvalue weighted by Crippen LogP contribution is 2.22. The van der Waals surface area contributed by atoms with Crippen molar-refractivity contribution in [2.45, 2.75) is 32.4 Å². The van der Waals surface area contributed by atoms with Crippen LogP contribution < -0.4 is 10.1 Å². The molecule has 0 saturated carbocycles. The number of hydrogen-bond donors (Lipinski definition) is 1. The number of likely N-dealkylation sites (tertiary alicyclic amines) is 1. The molecule has 0 aliphatic carbocycles. The van der Waals surface area contributed by atoms with Gasteiger partial charge in [0.05, 0.1) is 5.56 Å². The van der Waals surface area contributed by atoms with Crippen LogP contribution in [0.5, 0.6) is 5.75 Å². The molecule has 1 N–H and O–H groups in total. The van der Waals surface area contributed by atoms with Crippen molar-refractivity contribution in [1.82, 2.24) is 20.4 Å². The molecule has 1 atom stereocenters. The molecule has 3 rings (SSSR count). The average molecular weight is 330 g/mol. The molecule has 2 heterocycles. The summed E-state index contributed by atoms with van der Waals surface area (Å²) < 4.78 is 10.7. The van der Waals surface area contributed by atoms with Crippen LogP contribution in [0.25, 0.3) is 0 Å². The van der Waals surface area contributed by atoms with Crippen molar-refractivity contribution in [1.29, 1.82) is 0 Å². The van der Waals surface area contributed by atoms with Gasteiger partial charge in [-0.05, 0) is 32.0 Å². The molecule has 1 saturated heterocycles. The van der Waals surface area contributed by atoms with Crippen molar-refractivity contribution < 1.29 is 14.1 Å². The lowest BCUT2D eigenvalue weighted by Gasteiger charge is -2.32. The summed E-state index contributed by atoms with van der Waals surface area (Å²) in [6, 6.07) is 7.62. The van der Waals surface area contributed by atoms with Gasteiger partial charge in [0.15, 0.2) is 6.61 Å². The van der Waals surface area contributed by atoms with Crippen molar-refractivity contribution in [3.8, 4) is 5.75 Å². The van der Waals surface area contributed by atoms with E-state index in [9.17, 15) is 4.79 Å². The van der Waals surface area contributed by atoms with E-state index in [1.54, 1.807) is 19.1 Å². The van der Waals surface area contributed by atoms with Crippen LogP contribution >= 0.6 is 0 Å². The van der Waals surface area contributed by atoms with E-state index >= 15 is 0 Å². The Morgan fingerprint density at radius 2 is 2.29 bits per heavy atom. The smallest absolute Gasteiger partial charge is 0.257 e. The Kier molecular flexibility index (Phi) is 5.10. The number of para-hydroxylation sites is 1. The second-order valence-electron chi connectivity index (χ2n) is 5.89. The minimum Gasteiger partial charge on any atom is -0.485 e. The molecule has 24 heavy (non-hydrogen) atoms. The van der Waals surface area contributed by atoms with E-state index in [0.717, 1.165) is 19.4 Å². The lowest BCUT2D eigenvalue weighted by molar-refractivity contribution is 0.0693. The third-order valence-electron chi connectivity index (χ3n) is 4.16. The fraction of sp³-hybridized carbons (Fsp3) is 0.471. The summed E-state index contributed by atoms with van der Waals surface area (Å²) in [6.45, 7) is 3.38. The van der Waals surface area contributed by atoms with Crippen molar-refractivity contribution in [3.05, 3.63) is 41.5 Å². The first-order valence-electron chi connectivity index (χ1n) is 8.15. The standard InChI is InChI=1S/C17H22N4O3/c1-12-19-16(20-24-12)11-23-15-8-4-3-7-14(15)17(22)21-9-5-6-13(10-21)18-2/h3-4,7-8,13,18H,5-6,9-11H2,1-2H3. The number of nitrogens with zero attached hydrogens (tertiary/aromatic N) is 3. The molecule has 1 aliphatic heterocycles. The van der Waals surface area contributed by atoms with E-state index < -0.39 is 0 Å². The number of aromatic nitrogens is 2. The molecule has 0 spiro atoms. The van der Waals surface area contributed by atoms with Gasteiger partial charge in [-0.25, -0.2) is 0 Å². The molecule has 7 nitrogen and oxygen atoms in total. The predicted molar refractivity (Wildman–Crippen MR) is 87.8 cm³/mol. The lowest BCUT2D eigenvalue weighted by atomic mass is 10.0. The second-order valence-corrected chi connectivity index (χ2v) is 5.89. The Bertz CT molecular complexity index is 701. The number of nitrogens with one attached hydrogen (secondary N) is 1. The Hall–Kier alpha value is -2.41. The highest BCUT2D eigenvalue weighted by atomic mass is 16.5. The summed E-state index contributed by atoms with van der Waals surface area (Å²) in [5.74, 6) is 1.48. The zero-order valence-electron chi connectivity index (χ0n) is 14.0. The van der Waals surface area contributed by atoms with E-state index in [4.69, 9.17) is 9.26 Å². The van der Waals surface area contributed by atoms with E-state index in [1.807, 2.05) is 24.1 Å². The monoisotopic (exact) mass is 330 g/mol. The number of benzene rings is 1. The van der Waals surface area contributed by atoms with Gasteiger partial charge in [0, 0.05) is 26.1 Å². The first kappa shape index (κ1) is 16.4. The van der Waals surface area contributed by atoms with Crippen molar-refractivity contribution >= 4 is 5.91 Å². The first-order chi connectivity index (χ1) is 11.7. The minimum atomic E-state index is -0.00478. The van der Waals surface area contributed by atoms with Gasteiger partial charge in [-0.3, -0.25) is 4.79 Å². The van der Waals surface area contributed by atoms with Gasteiger partial charge in [-0.1, -0.05) is 17.3 Å². The van der Waals surface area contributed by atoms with E-state index in [-0.39, 0.29) is 12.5 Å². The molecule has 2 aromatic rings. The molecule has 1 aliphatic rings. The summed E-state index contributed by atoms with van der Waals surface area (Å²) in [6.07, 6.45) is 2.10. The summed E-state index contributed by atoms with van der Waals surface area (Å²) in [7, 11) is 1.93. The number of amides is 1. The average Bonchev–Trinajstić information content (AvgIpc) is 3.05. The van der Waals surface area contributed by atoms with E-state index in [2.05, 4.69) is 15.5 Å². The molecule has 1 unspecified atom stereocenters. The molecule has 1 fully saturated rings. The maximum Gasteiger partial charge on any atom is 0.257 e. The Morgan fingerprint density at radius 3 is 3.04 bits per heavy atom. The number of piperidine rings is 1. The maximum absolute atomic E-state index is 12.9. The SMILES string of the molecule is CNC1CCCN(C(=O)c2ccccc2OCc2noc(C)n2)C1. The Labute approximate surface area is 141 Å². The van der Waals surface area contributed by atoms with Gasteiger partial charge in [0.1, 0.15) is 5.75 Å². The molecule has 128 valence electrons. The van der Waals surface area contributed by atoms with Crippen LogP contribution in [0, 0.1) is 6.92 Å². The van der Waals surface area contributed by atoms with Gasteiger partial charge in [0.2, 0.25) is 11.7 Å². The number of ether oxygens (including phenoxy) is 1. The van der Waals surface area contributed by atoms with Crippen LogP contribution in [0.2, 0.25) is 0 Å². The quantitative estimate of drug-likeness (QED) is 0.900. The molecular weight excluding hydrogens is 308 g/mol. The number of rotatable bonds is 5. The number of likely N-dealkylation sites (N-methyl/N-ethyl adjacent to an activating group) is 1. The highest BCUT2D eigenvalue weighted by molar-refractivity contribution is 5.97. The van der Waals surface area contributed by atoms with Gasteiger partial charge in [0.25, 0.3) is 5.91 Å². The Balaban J connectivity index is 1.72. The molecule has 0 radical (unpaired) electrons. The summed E-state index contributed by atoms with van der Waals surface area (Å²) >= 11 is 0. The van der Waals surface area contributed by atoms with E-state index in [0.29, 0.717) is 35.6 Å². The minimum absolute atomic E-state index is 0.00478. The largest absolute Gasteiger partial charge is 0.485 e.